The fraction of sp³-hybridized carbons (Fsp3) is 0.500. The maximum absolute atomic E-state index is 14.3. The number of halogens is 2. The summed E-state index contributed by atoms with van der Waals surface area (Å²) in [7, 11) is 4.03. The van der Waals surface area contributed by atoms with Crippen molar-refractivity contribution in [2.75, 3.05) is 32.1 Å². The lowest BCUT2D eigenvalue weighted by Crippen LogP contribution is -2.42. The molecular formula is C14H17BrFN3. The van der Waals surface area contributed by atoms with Gasteiger partial charge in [0, 0.05) is 13.1 Å². The molecule has 0 aliphatic carbocycles. The van der Waals surface area contributed by atoms with Crippen molar-refractivity contribution < 1.29 is 4.39 Å². The average molecular weight is 326 g/mol. The molecule has 0 atom stereocenters. The van der Waals surface area contributed by atoms with Crippen LogP contribution in [-0.2, 0) is 0 Å². The molecule has 1 aliphatic heterocycles. The van der Waals surface area contributed by atoms with Crippen molar-refractivity contribution in [3.05, 3.63) is 28.0 Å². The van der Waals surface area contributed by atoms with Crippen LogP contribution in [0.1, 0.15) is 18.4 Å². The van der Waals surface area contributed by atoms with E-state index in [-0.39, 0.29) is 10.3 Å². The molecule has 0 bridgehead atoms. The number of rotatable bonds is 2. The maximum atomic E-state index is 14.3. The smallest absolute Gasteiger partial charge is 0.161 e. The molecule has 1 heterocycles. The number of benzene rings is 1. The van der Waals surface area contributed by atoms with Gasteiger partial charge in [-0.15, -0.1) is 0 Å². The zero-order valence-corrected chi connectivity index (χ0v) is 12.7. The summed E-state index contributed by atoms with van der Waals surface area (Å²) in [6.45, 7) is 2.07. The van der Waals surface area contributed by atoms with E-state index in [0.717, 1.165) is 25.9 Å². The Bertz CT molecular complexity index is 504. The molecule has 0 aromatic heterocycles. The van der Waals surface area contributed by atoms with E-state index < -0.39 is 0 Å². The van der Waals surface area contributed by atoms with Gasteiger partial charge in [0.2, 0.25) is 0 Å². The lowest BCUT2D eigenvalue weighted by atomic mass is 10.0. The quantitative estimate of drug-likeness (QED) is 0.837. The molecule has 19 heavy (non-hydrogen) atoms. The molecule has 0 amide bonds. The fourth-order valence-corrected chi connectivity index (χ4v) is 2.90. The summed E-state index contributed by atoms with van der Waals surface area (Å²) in [4.78, 5) is 4.28. The molecule has 5 heteroatoms. The number of nitrogens with zero attached hydrogens (tertiary/aromatic N) is 3. The lowest BCUT2D eigenvalue weighted by Gasteiger charge is -2.36. The minimum atomic E-state index is -0.347. The van der Waals surface area contributed by atoms with Crippen LogP contribution < -0.4 is 4.90 Å². The van der Waals surface area contributed by atoms with Gasteiger partial charge in [0.15, 0.2) is 5.82 Å². The Labute approximate surface area is 121 Å². The van der Waals surface area contributed by atoms with Crippen LogP contribution in [0, 0.1) is 17.1 Å². The highest BCUT2D eigenvalue weighted by atomic mass is 79.9. The standard InChI is InChI=1S/C14H17BrFN3/c1-18-7-5-11(6-8-18)19(2)12-4-3-10(9-17)13(15)14(12)16/h3-4,11H,5-8H2,1-2H3. The zero-order valence-electron chi connectivity index (χ0n) is 11.2. The van der Waals surface area contributed by atoms with E-state index in [0.29, 0.717) is 17.3 Å². The first-order valence-electron chi connectivity index (χ1n) is 6.34. The molecule has 1 fully saturated rings. The first-order valence-corrected chi connectivity index (χ1v) is 7.13. The number of hydrogen-bond acceptors (Lipinski definition) is 3. The first kappa shape index (κ1) is 14.3. The number of anilines is 1. The highest BCUT2D eigenvalue weighted by Gasteiger charge is 2.23. The summed E-state index contributed by atoms with van der Waals surface area (Å²) in [6, 6.07) is 5.68. The van der Waals surface area contributed by atoms with E-state index in [4.69, 9.17) is 5.26 Å². The molecule has 1 saturated heterocycles. The van der Waals surface area contributed by atoms with Crippen molar-refractivity contribution in [1.82, 2.24) is 4.90 Å². The molecule has 2 rings (SSSR count). The summed E-state index contributed by atoms with van der Waals surface area (Å²) < 4.78 is 14.5. The molecule has 102 valence electrons. The zero-order chi connectivity index (χ0) is 14.0. The average Bonchev–Trinajstić information content (AvgIpc) is 2.42. The third-order valence-corrected chi connectivity index (χ3v) is 4.57. The van der Waals surface area contributed by atoms with Gasteiger partial charge in [0.25, 0.3) is 0 Å². The van der Waals surface area contributed by atoms with Crippen LogP contribution in [0.15, 0.2) is 16.6 Å². The lowest BCUT2D eigenvalue weighted by molar-refractivity contribution is 0.252. The summed E-state index contributed by atoms with van der Waals surface area (Å²) in [5, 5.41) is 8.88. The van der Waals surface area contributed by atoms with Crippen molar-refractivity contribution in [1.29, 1.82) is 5.26 Å². The molecule has 3 nitrogen and oxygen atoms in total. The molecule has 1 aromatic rings. The van der Waals surface area contributed by atoms with Crippen LogP contribution in [-0.4, -0.2) is 38.1 Å². The van der Waals surface area contributed by atoms with E-state index in [2.05, 4.69) is 27.9 Å². The van der Waals surface area contributed by atoms with Crippen molar-refractivity contribution >= 4 is 21.6 Å². The number of hydrogen-bond donors (Lipinski definition) is 0. The Morgan fingerprint density at radius 2 is 2.05 bits per heavy atom. The van der Waals surface area contributed by atoms with Crippen LogP contribution in [0.3, 0.4) is 0 Å². The van der Waals surface area contributed by atoms with Crippen molar-refractivity contribution in [2.45, 2.75) is 18.9 Å². The molecule has 0 N–H and O–H groups in total. The topological polar surface area (TPSA) is 30.3 Å². The molecule has 0 saturated carbocycles. The maximum Gasteiger partial charge on any atom is 0.161 e. The number of likely N-dealkylation sites (tertiary alicyclic amines) is 1. The molecule has 0 unspecified atom stereocenters. The summed E-state index contributed by atoms with van der Waals surface area (Å²) >= 11 is 3.16. The first-order chi connectivity index (χ1) is 9.04. The largest absolute Gasteiger partial charge is 0.369 e. The van der Waals surface area contributed by atoms with Crippen LogP contribution >= 0.6 is 15.9 Å². The van der Waals surface area contributed by atoms with Crippen LogP contribution in [0.2, 0.25) is 0 Å². The second-order valence-electron chi connectivity index (χ2n) is 5.02. The SMILES string of the molecule is CN1CCC(N(C)c2ccc(C#N)c(Br)c2F)CC1. The van der Waals surface area contributed by atoms with Gasteiger partial charge in [-0.3, -0.25) is 0 Å². The van der Waals surface area contributed by atoms with Gasteiger partial charge >= 0.3 is 0 Å². The molecular weight excluding hydrogens is 309 g/mol. The second kappa shape index (κ2) is 5.89. The highest BCUT2D eigenvalue weighted by molar-refractivity contribution is 9.10. The number of piperidine rings is 1. The summed E-state index contributed by atoms with van der Waals surface area (Å²) in [5.41, 5.74) is 0.887. The second-order valence-corrected chi connectivity index (χ2v) is 5.81. The minimum Gasteiger partial charge on any atom is -0.369 e. The van der Waals surface area contributed by atoms with Crippen LogP contribution in [0.5, 0.6) is 0 Å². The van der Waals surface area contributed by atoms with Crippen molar-refractivity contribution in [2.24, 2.45) is 0 Å². The van der Waals surface area contributed by atoms with Crippen LogP contribution in [0.4, 0.5) is 10.1 Å². The Balaban J connectivity index is 2.22. The Hall–Kier alpha value is -1.12. The fourth-order valence-electron chi connectivity index (χ4n) is 2.48. The van der Waals surface area contributed by atoms with Gasteiger partial charge in [0.05, 0.1) is 15.7 Å². The van der Waals surface area contributed by atoms with E-state index in [1.165, 1.54) is 0 Å². The van der Waals surface area contributed by atoms with Crippen molar-refractivity contribution in [3.8, 4) is 6.07 Å². The van der Waals surface area contributed by atoms with E-state index in [9.17, 15) is 4.39 Å². The minimum absolute atomic E-state index is 0.257. The van der Waals surface area contributed by atoms with E-state index in [1.807, 2.05) is 18.0 Å². The van der Waals surface area contributed by atoms with Gasteiger partial charge in [-0.2, -0.15) is 5.26 Å². The van der Waals surface area contributed by atoms with Gasteiger partial charge in [-0.25, -0.2) is 4.39 Å². The van der Waals surface area contributed by atoms with Gasteiger partial charge in [-0.05, 0) is 61.0 Å². The van der Waals surface area contributed by atoms with Crippen molar-refractivity contribution in [3.63, 3.8) is 0 Å². The molecule has 0 radical (unpaired) electrons. The normalized spacial score (nSPS) is 17.2. The Morgan fingerprint density at radius 3 is 2.63 bits per heavy atom. The highest BCUT2D eigenvalue weighted by Crippen LogP contribution is 2.31. The predicted octanol–water partition coefficient (Wildman–Crippen LogP) is 2.99. The predicted molar refractivity (Wildman–Crippen MR) is 77.7 cm³/mol. The van der Waals surface area contributed by atoms with Gasteiger partial charge < -0.3 is 9.80 Å². The number of nitriles is 1. The molecule has 1 aromatic carbocycles. The van der Waals surface area contributed by atoms with Crippen LogP contribution in [0.25, 0.3) is 0 Å². The molecule has 0 spiro atoms. The summed E-state index contributed by atoms with van der Waals surface area (Å²) in [6.07, 6.45) is 2.06. The Morgan fingerprint density at radius 1 is 1.42 bits per heavy atom. The summed E-state index contributed by atoms with van der Waals surface area (Å²) in [5.74, 6) is -0.347. The Kier molecular flexibility index (Phi) is 4.43. The van der Waals surface area contributed by atoms with E-state index in [1.54, 1.807) is 12.1 Å². The van der Waals surface area contributed by atoms with E-state index >= 15 is 0 Å². The van der Waals surface area contributed by atoms with Gasteiger partial charge in [-0.1, -0.05) is 0 Å². The molecule has 1 aliphatic rings. The monoisotopic (exact) mass is 325 g/mol. The van der Waals surface area contributed by atoms with Gasteiger partial charge in [0.1, 0.15) is 6.07 Å². The third kappa shape index (κ3) is 2.90. The third-order valence-electron chi connectivity index (χ3n) is 3.80.